The standard InChI is InChI=1S/C54H92O6/c1-4-7-10-13-16-19-22-25-27-30-32-35-38-41-44-47-53(56)59-50-51(49-58-52(55)46-43-40-37-34-31-28-24-21-18-15-12-9-6-3)60-54(57)48-45-42-39-36-33-29-26-23-20-17-14-11-8-5-2/h7,10,14,16-17,19,23,25-27,32,35,51H,4-6,8-9,11-13,15,18,20-22,24,28-31,33-34,36-50H2,1-3H3/b10-7-,17-14-,19-16-,26-23-,27-25-,35-32-. The van der Waals surface area contributed by atoms with Crippen molar-refractivity contribution in [3.63, 3.8) is 0 Å². The van der Waals surface area contributed by atoms with Crippen LogP contribution in [0, 0.1) is 0 Å². The summed E-state index contributed by atoms with van der Waals surface area (Å²) >= 11 is 0. The highest BCUT2D eigenvalue weighted by Gasteiger charge is 2.19. The third kappa shape index (κ3) is 45.9. The zero-order valence-electron chi connectivity index (χ0n) is 39.2. The number of carbonyl (C=O) groups excluding carboxylic acids is 3. The monoisotopic (exact) mass is 837 g/mol. The maximum atomic E-state index is 12.8. The van der Waals surface area contributed by atoms with E-state index in [1.165, 1.54) is 83.5 Å². The van der Waals surface area contributed by atoms with Crippen LogP contribution >= 0.6 is 0 Å². The van der Waals surface area contributed by atoms with E-state index in [-0.39, 0.29) is 31.1 Å². The summed E-state index contributed by atoms with van der Waals surface area (Å²) in [7, 11) is 0. The number of unbranched alkanes of at least 4 members (excludes halogenated alkanes) is 21. The number of carbonyl (C=O) groups is 3. The van der Waals surface area contributed by atoms with Crippen LogP contribution in [-0.2, 0) is 28.6 Å². The minimum atomic E-state index is -0.797. The van der Waals surface area contributed by atoms with Gasteiger partial charge in [-0.2, -0.15) is 0 Å². The highest BCUT2D eigenvalue weighted by Crippen LogP contribution is 2.14. The molecule has 1 atom stereocenters. The van der Waals surface area contributed by atoms with E-state index in [4.69, 9.17) is 14.2 Å². The second kappa shape index (κ2) is 48.5. The van der Waals surface area contributed by atoms with E-state index < -0.39 is 6.10 Å². The number of allylic oxidation sites excluding steroid dienone is 12. The highest BCUT2D eigenvalue weighted by atomic mass is 16.6. The molecule has 0 N–H and O–H groups in total. The van der Waals surface area contributed by atoms with Gasteiger partial charge in [0.1, 0.15) is 13.2 Å². The van der Waals surface area contributed by atoms with E-state index in [2.05, 4.69) is 93.7 Å². The lowest BCUT2D eigenvalue weighted by Gasteiger charge is -2.18. The largest absolute Gasteiger partial charge is 0.462 e. The molecule has 0 bridgehead atoms. The Balaban J connectivity index is 4.47. The Labute approximate surface area is 370 Å². The molecule has 0 spiro atoms. The number of esters is 3. The molecule has 0 aromatic rings. The van der Waals surface area contributed by atoms with Crippen LogP contribution in [0.4, 0.5) is 0 Å². The van der Waals surface area contributed by atoms with Crippen molar-refractivity contribution in [2.75, 3.05) is 13.2 Å². The zero-order valence-corrected chi connectivity index (χ0v) is 39.2. The van der Waals surface area contributed by atoms with Gasteiger partial charge in [0, 0.05) is 19.3 Å². The van der Waals surface area contributed by atoms with E-state index in [1.807, 2.05) is 0 Å². The molecule has 0 radical (unpaired) electrons. The predicted octanol–water partition coefficient (Wildman–Crippen LogP) is 16.3. The van der Waals surface area contributed by atoms with Crippen LogP contribution < -0.4 is 0 Å². The van der Waals surface area contributed by atoms with Crippen LogP contribution in [0.5, 0.6) is 0 Å². The highest BCUT2D eigenvalue weighted by molar-refractivity contribution is 5.71. The number of hydrogen-bond donors (Lipinski definition) is 0. The molecular formula is C54H92O6. The summed E-state index contributed by atoms with van der Waals surface area (Å²) in [6.45, 7) is 6.43. The lowest BCUT2D eigenvalue weighted by Crippen LogP contribution is -2.30. The van der Waals surface area contributed by atoms with Gasteiger partial charge >= 0.3 is 17.9 Å². The Hall–Kier alpha value is -3.15. The molecule has 344 valence electrons. The van der Waals surface area contributed by atoms with Gasteiger partial charge in [-0.3, -0.25) is 14.4 Å². The van der Waals surface area contributed by atoms with Crippen LogP contribution in [0.1, 0.15) is 233 Å². The average molecular weight is 837 g/mol. The molecule has 0 aromatic heterocycles. The van der Waals surface area contributed by atoms with Crippen molar-refractivity contribution in [1.29, 1.82) is 0 Å². The minimum Gasteiger partial charge on any atom is -0.462 e. The second-order valence-corrected chi connectivity index (χ2v) is 16.3. The topological polar surface area (TPSA) is 78.9 Å². The van der Waals surface area contributed by atoms with E-state index >= 15 is 0 Å². The van der Waals surface area contributed by atoms with Gasteiger partial charge in [-0.15, -0.1) is 0 Å². The SMILES string of the molecule is CC/C=C\C/C=C\C/C=C\C/C=C\CCCCC(=O)OCC(COC(=O)CCCCCCCCCCCCCCC)OC(=O)CCCCCCC/C=C\C/C=C\CCCC. The van der Waals surface area contributed by atoms with Crippen molar-refractivity contribution >= 4 is 17.9 Å². The van der Waals surface area contributed by atoms with E-state index in [0.717, 1.165) is 109 Å². The lowest BCUT2D eigenvalue weighted by atomic mass is 10.0. The Morgan fingerprint density at radius 2 is 0.667 bits per heavy atom. The second-order valence-electron chi connectivity index (χ2n) is 16.3. The summed E-state index contributed by atoms with van der Waals surface area (Å²) in [5, 5.41) is 0. The lowest BCUT2D eigenvalue weighted by molar-refractivity contribution is -0.167. The first-order chi connectivity index (χ1) is 29.5. The normalized spacial score (nSPS) is 12.7. The van der Waals surface area contributed by atoms with Gasteiger partial charge in [-0.05, 0) is 83.5 Å². The van der Waals surface area contributed by atoms with Crippen molar-refractivity contribution in [3.05, 3.63) is 72.9 Å². The van der Waals surface area contributed by atoms with Crippen LogP contribution in [0.2, 0.25) is 0 Å². The summed E-state index contributed by atoms with van der Waals surface area (Å²) in [4.78, 5) is 37.9. The predicted molar refractivity (Wildman–Crippen MR) is 256 cm³/mol. The molecule has 6 nitrogen and oxygen atoms in total. The molecule has 0 saturated carbocycles. The average Bonchev–Trinajstić information content (AvgIpc) is 3.24. The number of ether oxygens (including phenoxy) is 3. The molecular weight excluding hydrogens is 745 g/mol. The van der Waals surface area contributed by atoms with E-state index in [0.29, 0.717) is 19.3 Å². The first-order valence-corrected chi connectivity index (χ1v) is 24.9. The maximum Gasteiger partial charge on any atom is 0.306 e. The molecule has 0 aliphatic heterocycles. The summed E-state index contributed by atoms with van der Waals surface area (Å²) in [5.74, 6) is -0.950. The summed E-state index contributed by atoms with van der Waals surface area (Å²) in [6, 6.07) is 0. The maximum absolute atomic E-state index is 12.8. The number of hydrogen-bond acceptors (Lipinski definition) is 6. The molecule has 60 heavy (non-hydrogen) atoms. The Kier molecular flexibility index (Phi) is 46.0. The number of rotatable bonds is 44. The van der Waals surface area contributed by atoms with Gasteiger partial charge < -0.3 is 14.2 Å². The molecule has 0 saturated heterocycles. The molecule has 0 fully saturated rings. The third-order valence-electron chi connectivity index (χ3n) is 10.4. The molecule has 1 unspecified atom stereocenters. The van der Waals surface area contributed by atoms with Gasteiger partial charge in [0.15, 0.2) is 6.10 Å². The van der Waals surface area contributed by atoms with Gasteiger partial charge in [-0.1, -0.05) is 203 Å². The molecule has 0 rings (SSSR count). The summed E-state index contributed by atoms with van der Waals surface area (Å²) in [5.41, 5.74) is 0. The molecule has 0 aliphatic rings. The Morgan fingerprint density at radius 1 is 0.350 bits per heavy atom. The molecule has 6 heteroatoms. The summed E-state index contributed by atoms with van der Waals surface area (Å²) in [6.07, 6.45) is 60.2. The molecule has 0 aromatic carbocycles. The Bertz CT molecular complexity index is 1140. The van der Waals surface area contributed by atoms with E-state index in [1.54, 1.807) is 0 Å². The Morgan fingerprint density at radius 3 is 1.10 bits per heavy atom. The van der Waals surface area contributed by atoms with Crippen molar-refractivity contribution in [3.8, 4) is 0 Å². The minimum absolute atomic E-state index is 0.0931. The fraction of sp³-hybridized carbons (Fsp3) is 0.722. The van der Waals surface area contributed by atoms with Crippen molar-refractivity contribution < 1.29 is 28.6 Å². The van der Waals surface area contributed by atoms with Gasteiger partial charge in [0.25, 0.3) is 0 Å². The van der Waals surface area contributed by atoms with Crippen molar-refractivity contribution in [2.45, 2.75) is 239 Å². The van der Waals surface area contributed by atoms with Crippen LogP contribution in [0.15, 0.2) is 72.9 Å². The molecule has 0 heterocycles. The molecule has 0 aliphatic carbocycles. The third-order valence-corrected chi connectivity index (χ3v) is 10.4. The van der Waals surface area contributed by atoms with Gasteiger partial charge in [0.05, 0.1) is 0 Å². The molecule has 0 amide bonds. The van der Waals surface area contributed by atoms with E-state index in [9.17, 15) is 14.4 Å². The van der Waals surface area contributed by atoms with Crippen molar-refractivity contribution in [1.82, 2.24) is 0 Å². The van der Waals surface area contributed by atoms with Crippen molar-refractivity contribution in [2.24, 2.45) is 0 Å². The first kappa shape index (κ1) is 56.9. The summed E-state index contributed by atoms with van der Waals surface area (Å²) < 4.78 is 16.7. The first-order valence-electron chi connectivity index (χ1n) is 24.9. The van der Waals surface area contributed by atoms with Gasteiger partial charge in [0.2, 0.25) is 0 Å². The smallest absolute Gasteiger partial charge is 0.306 e. The van der Waals surface area contributed by atoms with Crippen LogP contribution in [0.25, 0.3) is 0 Å². The van der Waals surface area contributed by atoms with Gasteiger partial charge in [-0.25, -0.2) is 0 Å². The quantitative estimate of drug-likeness (QED) is 0.0263. The van der Waals surface area contributed by atoms with Crippen LogP contribution in [-0.4, -0.2) is 37.2 Å². The fourth-order valence-corrected chi connectivity index (χ4v) is 6.68. The fourth-order valence-electron chi connectivity index (χ4n) is 6.68. The zero-order chi connectivity index (χ0) is 43.7. The van der Waals surface area contributed by atoms with Crippen LogP contribution in [0.3, 0.4) is 0 Å².